The average Bonchev–Trinajstić information content (AvgIpc) is 2.60. The molecule has 4 rings (SSSR count). The van der Waals surface area contributed by atoms with Crippen LogP contribution in [0.25, 0.3) is 22.0 Å². The van der Waals surface area contributed by atoms with Crippen molar-refractivity contribution in [1.82, 2.24) is 4.98 Å². The van der Waals surface area contributed by atoms with Crippen LogP contribution in [0, 0.1) is 11.6 Å². The van der Waals surface area contributed by atoms with Crippen molar-refractivity contribution in [3.63, 3.8) is 0 Å². The summed E-state index contributed by atoms with van der Waals surface area (Å²) >= 11 is 6.22. The first-order valence-corrected chi connectivity index (χ1v) is 8.94. The molecule has 0 saturated carbocycles. The van der Waals surface area contributed by atoms with Crippen molar-refractivity contribution >= 4 is 28.2 Å². The molecule has 1 saturated heterocycles. The largest absolute Gasteiger partial charge is 0.370 e. The molecule has 134 valence electrons. The average molecular weight is 374 g/mol. The van der Waals surface area contributed by atoms with Crippen molar-refractivity contribution in [2.75, 3.05) is 18.0 Å². The van der Waals surface area contributed by atoms with E-state index in [4.69, 9.17) is 17.3 Å². The summed E-state index contributed by atoms with van der Waals surface area (Å²) in [5, 5.41) is 1.46. The number of nitrogens with two attached hydrogens (primary N) is 1. The van der Waals surface area contributed by atoms with Gasteiger partial charge in [0.15, 0.2) is 0 Å². The molecule has 0 radical (unpaired) electrons. The zero-order valence-corrected chi connectivity index (χ0v) is 14.8. The van der Waals surface area contributed by atoms with Gasteiger partial charge in [0.25, 0.3) is 0 Å². The smallest absolute Gasteiger partial charge is 0.126 e. The number of rotatable bonds is 2. The summed E-state index contributed by atoms with van der Waals surface area (Å²) in [6.07, 6.45) is 3.40. The van der Waals surface area contributed by atoms with E-state index in [1.165, 1.54) is 12.1 Å². The summed E-state index contributed by atoms with van der Waals surface area (Å²) in [7, 11) is 0. The SMILES string of the molecule is NC1CCN(c2c(-c3cc(F)cc(F)c3)cnc3ccc(Cl)cc23)CC1. The van der Waals surface area contributed by atoms with Gasteiger partial charge in [0.05, 0.1) is 11.2 Å². The van der Waals surface area contributed by atoms with Crippen LogP contribution in [0.5, 0.6) is 0 Å². The molecule has 26 heavy (non-hydrogen) atoms. The van der Waals surface area contributed by atoms with E-state index < -0.39 is 11.6 Å². The maximum Gasteiger partial charge on any atom is 0.126 e. The highest BCUT2D eigenvalue weighted by atomic mass is 35.5. The van der Waals surface area contributed by atoms with E-state index in [0.29, 0.717) is 16.1 Å². The zero-order chi connectivity index (χ0) is 18.3. The summed E-state index contributed by atoms with van der Waals surface area (Å²) in [5.74, 6) is -1.23. The molecule has 1 aromatic heterocycles. The third-order valence-electron chi connectivity index (χ3n) is 4.83. The number of hydrogen-bond acceptors (Lipinski definition) is 3. The summed E-state index contributed by atoms with van der Waals surface area (Å²) in [6, 6.07) is 9.20. The molecule has 2 heterocycles. The molecule has 0 aliphatic carbocycles. The number of piperidine rings is 1. The molecule has 1 aliphatic rings. The first-order chi connectivity index (χ1) is 12.5. The van der Waals surface area contributed by atoms with E-state index in [9.17, 15) is 8.78 Å². The number of nitrogens with zero attached hydrogens (tertiary/aromatic N) is 2. The highest BCUT2D eigenvalue weighted by Gasteiger charge is 2.22. The van der Waals surface area contributed by atoms with Gasteiger partial charge in [0.2, 0.25) is 0 Å². The van der Waals surface area contributed by atoms with Crippen LogP contribution < -0.4 is 10.6 Å². The fourth-order valence-electron chi connectivity index (χ4n) is 3.54. The van der Waals surface area contributed by atoms with Crippen LogP contribution in [0.2, 0.25) is 5.02 Å². The van der Waals surface area contributed by atoms with Crippen molar-refractivity contribution in [1.29, 1.82) is 0 Å². The van der Waals surface area contributed by atoms with E-state index in [-0.39, 0.29) is 6.04 Å². The standard InChI is InChI=1S/C20H18ClF2N3/c21-13-1-2-19-17(9-13)20(26-5-3-16(24)4-6-26)18(11-25-19)12-7-14(22)10-15(23)8-12/h1-2,7-11,16H,3-6,24H2. The van der Waals surface area contributed by atoms with Crippen LogP contribution in [0.4, 0.5) is 14.5 Å². The Morgan fingerprint density at radius 2 is 1.73 bits per heavy atom. The highest BCUT2D eigenvalue weighted by Crippen LogP contribution is 2.39. The summed E-state index contributed by atoms with van der Waals surface area (Å²) in [4.78, 5) is 6.68. The molecule has 3 aromatic rings. The lowest BCUT2D eigenvalue weighted by atomic mass is 9.98. The van der Waals surface area contributed by atoms with Gasteiger partial charge >= 0.3 is 0 Å². The number of aromatic nitrogens is 1. The molecule has 0 amide bonds. The van der Waals surface area contributed by atoms with E-state index in [0.717, 1.165) is 48.6 Å². The van der Waals surface area contributed by atoms with Crippen molar-refractivity contribution < 1.29 is 8.78 Å². The number of pyridine rings is 1. The Morgan fingerprint density at radius 1 is 1.04 bits per heavy atom. The maximum absolute atomic E-state index is 13.8. The lowest BCUT2D eigenvalue weighted by Gasteiger charge is -2.34. The number of halogens is 3. The van der Waals surface area contributed by atoms with Gasteiger partial charge in [0, 0.05) is 47.4 Å². The maximum atomic E-state index is 13.8. The third-order valence-corrected chi connectivity index (χ3v) is 5.07. The van der Waals surface area contributed by atoms with Gasteiger partial charge in [-0.3, -0.25) is 4.98 Å². The van der Waals surface area contributed by atoms with Crippen LogP contribution in [0.3, 0.4) is 0 Å². The normalized spacial score (nSPS) is 15.6. The minimum absolute atomic E-state index is 0.179. The third kappa shape index (κ3) is 3.24. The molecular formula is C20H18ClF2N3. The van der Waals surface area contributed by atoms with E-state index in [2.05, 4.69) is 9.88 Å². The van der Waals surface area contributed by atoms with Gasteiger partial charge in [-0.15, -0.1) is 0 Å². The quantitative estimate of drug-likeness (QED) is 0.704. The van der Waals surface area contributed by atoms with E-state index in [1.807, 2.05) is 12.1 Å². The molecule has 0 atom stereocenters. The molecule has 2 aromatic carbocycles. The van der Waals surface area contributed by atoms with Gasteiger partial charge in [-0.25, -0.2) is 8.78 Å². The van der Waals surface area contributed by atoms with Crippen LogP contribution in [0.1, 0.15) is 12.8 Å². The molecule has 1 fully saturated rings. The van der Waals surface area contributed by atoms with Gasteiger partial charge < -0.3 is 10.6 Å². The zero-order valence-electron chi connectivity index (χ0n) is 14.1. The number of fused-ring (bicyclic) bond motifs is 1. The van der Waals surface area contributed by atoms with Crippen LogP contribution in [0.15, 0.2) is 42.6 Å². The Labute approximate surface area is 155 Å². The van der Waals surface area contributed by atoms with Gasteiger partial charge in [-0.05, 0) is 48.7 Å². The molecule has 3 nitrogen and oxygen atoms in total. The lowest BCUT2D eigenvalue weighted by Crippen LogP contribution is -2.40. The topological polar surface area (TPSA) is 42.1 Å². The molecule has 0 spiro atoms. The number of hydrogen-bond donors (Lipinski definition) is 1. The second-order valence-corrected chi connectivity index (χ2v) is 7.10. The predicted molar refractivity (Wildman–Crippen MR) is 102 cm³/mol. The van der Waals surface area contributed by atoms with Gasteiger partial charge in [-0.1, -0.05) is 11.6 Å². The summed E-state index contributed by atoms with van der Waals surface area (Å²) in [6.45, 7) is 1.55. The Hall–Kier alpha value is -2.24. The molecule has 2 N–H and O–H groups in total. The minimum Gasteiger partial charge on any atom is -0.370 e. The Morgan fingerprint density at radius 3 is 2.42 bits per heavy atom. The first-order valence-electron chi connectivity index (χ1n) is 8.56. The van der Waals surface area contributed by atoms with Crippen LogP contribution in [-0.2, 0) is 0 Å². The Bertz CT molecular complexity index is 948. The molecule has 6 heteroatoms. The molecular weight excluding hydrogens is 356 g/mol. The molecule has 1 aliphatic heterocycles. The number of benzene rings is 2. The highest BCUT2D eigenvalue weighted by molar-refractivity contribution is 6.31. The van der Waals surface area contributed by atoms with Crippen molar-refractivity contribution in [3.8, 4) is 11.1 Å². The number of anilines is 1. The van der Waals surface area contributed by atoms with Crippen molar-refractivity contribution in [3.05, 3.63) is 59.3 Å². The van der Waals surface area contributed by atoms with Gasteiger partial charge in [-0.2, -0.15) is 0 Å². The second-order valence-electron chi connectivity index (χ2n) is 6.66. The van der Waals surface area contributed by atoms with Gasteiger partial charge in [0.1, 0.15) is 11.6 Å². The second kappa shape index (κ2) is 6.82. The van der Waals surface area contributed by atoms with E-state index >= 15 is 0 Å². The fourth-order valence-corrected chi connectivity index (χ4v) is 3.71. The van der Waals surface area contributed by atoms with Crippen LogP contribution >= 0.6 is 11.6 Å². The lowest BCUT2D eigenvalue weighted by molar-refractivity contribution is 0.502. The van der Waals surface area contributed by atoms with Crippen molar-refractivity contribution in [2.45, 2.75) is 18.9 Å². The molecule has 0 bridgehead atoms. The summed E-state index contributed by atoms with van der Waals surface area (Å²) < 4.78 is 27.6. The monoisotopic (exact) mass is 373 g/mol. The van der Waals surface area contributed by atoms with Crippen molar-refractivity contribution in [2.24, 2.45) is 5.73 Å². The fraction of sp³-hybridized carbons (Fsp3) is 0.250. The predicted octanol–water partition coefficient (Wildman–Crippen LogP) is 4.76. The first kappa shape index (κ1) is 17.2. The minimum atomic E-state index is -0.613. The van der Waals surface area contributed by atoms with E-state index in [1.54, 1.807) is 12.3 Å². The van der Waals surface area contributed by atoms with Crippen LogP contribution in [-0.4, -0.2) is 24.1 Å². The Balaban J connectivity index is 1.95. The summed E-state index contributed by atoms with van der Waals surface area (Å²) in [5.41, 5.74) is 8.88. The molecule has 0 unspecified atom stereocenters. The Kier molecular flexibility index (Phi) is 4.51.